The van der Waals surface area contributed by atoms with Crippen LogP contribution in [-0.4, -0.2) is 28.2 Å². The number of aliphatic imine (C=N–C) groups is 1. The van der Waals surface area contributed by atoms with Gasteiger partial charge >= 0.3 is 0 Å². The van der Waals surface area contributed by atoms with Gasteiger partial charge in [-0.3, -0.25) is 9.79 Å². The number of carbonyl (C=O) groups excluding carboxylic acids is 1. The second kappa shape index (κ2) is 3.44. The predicted molar refractivity (Wildman–Crippen MR) is 47.9 cm³/mol. The molecule has 1 atom stereocenters. The van der Waals surface area contributed by atoms with Gasteiger partial charge in [0.25, 0.3) is 0 Å². The van der Waals surface area contributed by atoms with Crippen LogP contribution in [0.1, 0.15) is 6.92 Å². The highest BCUT2D eigenvalue weighted by Gasteiger charge is 2.21. The van der Waals surface area contributed by atoms with Gasteiger partial charge in [-0.2, -0.15) is 0 Å². The first-order valence-corrected chi connectivity index (χ1v) is 5.20. The number of hydrogen-bond donors (Lipinski definition) is 0. The minimum absolute atomic E-state index is 0.0694. The summed E-state index contributed by atoms with van der Waals surface area (Å²) in [7, 11) is 0. The highest BCUT2D eigenvalue weighted by atomic mass is 32.2. The van der Waals surface area contributed by atoms with Crippen molar-refractivity contribution in [3.8, 4) is 0 Å². The third kappa shape index (κ3) is 1.76. The zero-order valence-corrected chi connectivity index (χ0v) is 7.59. The van der Waals surface area contributed by atoms with E-state index in [4.69, 9.17) is 0 Å². The summed E-state index contributed by atoms with van der Waals surface area (Å²) in [6.45, 7) is 1.94. The van der Waals surface area contributed by atoms with Crippen LogP contribution in [0.5, 0.6) is 0 Å². The van der Waals surface area contributed by atoms with Crippen LogP contribution in [0.15, 0.2) is 4.99 Å². The molecule has 1 rings (SSSR count). The largest absolute Gasteiger partial charge is 0.285 e. The van der Waals surface area contributed by atoms with Gasteiger partial charge in [0, 0.05) is 5.75 Å². The molecule has 0 saturated heterocycles. The lowest BCUT2D eigenvalue weighted by atomic mass is 10.4. The Morgan fingerprint density at radius 3 is 3.00 bits per heavy atom. The summed E-state index contributed by atoms with van der Waals surface area (Å²) in [5.74, 6) is 0.839. The lowest BCUT2D eigenvalue weighted by molar-refractivity contribution is -0.111. The number of hydrogen-bond acceptors (Lipinski definition) is 4. The Hall–Kier alpha value is 0.0400. The summed E-state index contributed by atoms with van der Waals surface area (Å²) in [4.78, 5) is 15.2. The second-order valence-corrected chi connectivity index (χ2v) is 4.02. The minimum Gasteiger partial charge on any atom is -0.285 e. The fraction of sp³-hybridized carbons (Fsp3) is 0.667. The van der Waals surface area contributed by atoms with E-state index in [-0.39, 0.29) is 11.2 Å². The van der Waals surface area contributed by atoms with Gasteiger partial charge in [-0.25, -0.2) is 0 Å². The third-order valence-electron chi connectivity index (χ3n) is 1.26. The van der Waals surface area contributed by atoms with Crippen molar-refractivity contribution in [3.63, 3.8) is 0 Å². The normalized spacial score (nSPS) is 24.6. The quantitative estimate of drug-likeness (QED) is 0.603. The van der Waals surface area contributed by atoms with Gasteiger partial charge in [-0.05, 0) is 13.2 Å². The molecule has 0 saturated carbocycles. The van der Waals surface area contributed by atoms with Gasteiger partial charge in [0.05, 0.1) is 5.04 Å². The van der Waals surface area contributed by atoms with Crippen LogP contribution in [0, 0.1) is 0 Å². The van der Waals surface area contributed by atoms with Gasteiger partial charge in [0.1, 0.15) is 6.04 Å². The predicted octanol–water partition coefficient (Wildman–Crippen LogP) is 1.41. The first-order valence-electron chi connectivity index (χ1n) is 2.99. The van der Waals surface area contributed by atoms with Crippen LogP contribution in [0.4, 0.5) is 0 Å². The zero-order valence-electron chi connectivity index (χ0n) is 5.96. The average Bonchev–Trinajstić information content (AvgIpc) is 2.34. The van der Waals surface area contributed by atoms with E-state index in [0.29, 0.717) is 0 Å². The number of carbonyl (C=O) groups is 1. The first-order chi connectivity index (χ1) is 4.74. The molecule has 0 N–H and O–H groups in total. The standard InChI is InChI=1S/C6H9NOS2/c1-4-7-5(3-10-4)6(8)9-2/h5H,3H2,1-2H3. The molecule has 2 nitrogen and oxygen atoms in total. The highest BCUT2D eigenvalue weighted by Crippen LogP contribution is 2.20. The van der Waals surface area contributed by atoms with Crippen LogP contribution < -0.4 is 0 Å². The molecule has 0 spiro atoms. The maximum atomic E-state index is 11.0. The van der Waals surface area contributed by atoms with Crippen molar-refractivity contribution in [2.45, 2.75) is 13.0 Å². The van der Waals surface area contributed by atoms with Gasteiger partial charge in [-0.1, -0.05) is 11.8 Å². The summed E-state index contributed by atoms with van der Waals surface area (Å²) in [6, 6.07) is -0.0694. The lowest BCUT2D eigenvalue weighted by Crippen LogP contribution is -2.14. The van der Waals surface area contributed by atoms with Crippen LogP contribution in [0.2, 0.25) is 0 Å². The van der Waals surface area contributed by atoms with E-state index >= 15 is 0 Å². The zero-order chi connectivity index (χ0) is 7.56. The highest BCUT2D eigenvalue weighted by molar-refractivity contribution is 8.15. The summed E-state index contributed by atoms with van der Waals surface area (Å²) in [5.41, 5.74) is 0. The van der Waals surface area contributed by atoms with Crippen LogP contribution in [0.3, 0.4) is 0 Å². The smallest absolute Gasteiger partial charge is 0.214 e. The second-order valence-electron chi connectivity index (χ2n) is 2.00. The summed E-state index contributed by atoms with van der Waals surface area (Å²) < 4.78 is 0. The third-order valence-corrected chi connectivity index (χ3v) is 2.94. The van der Waals surface area contributed by atoms with Crippen molar-refractivity contribution in [3.05, 3.63) is 0 Å². The van der Waals surface area contributed by atoms with E-state index in [9.17, 15) is 4.79 Å². The van der Waals surface area contributed by atoms with Gasteiger partial charge in [-0.15, -0.1) is 11.8 Å². The molecule has 1 aliphatic rings. The molecule has 0 aliphatic carbocycles. The lowest BCUT2D eigenvalue weighted by Gasteiger charge is -1.98. The maximum Gasteiger partial charge on any atom is 0.214 e. The fourth-order valence-electron chi connectivity index (χ4n) is 0.750. The molecule has 0 amide bonds. The molecule has 0 radical (unpaired) electrons. The minimum atomic E-state index is -0.0694. The summed E-state index contributed by atoms with van der Waals surface area (Å²) in [6.07, 6.45) is 1.80. The summed E-state index contributed by atoms with van der Waals surface area (Å²) in [5, 5.41) is 1.22. The van der Waals surface area contributed by atoms with Crippen molar-refractivity contribution in [1.29, 1.82) is 0 Å². The van der Waals surface area contributed by atoms with Gasteiger partial charge < -0.3 is 0 Å². The van der Waals surface area contributed by atoms with E-state index in [1.165, 1.54) is 11.8 Å². The van der Waals surface area contributed by atoms with Crippen molar-refractivity contribution in [2.75, 3.05) is 12.0 Å². The summed E-state index contributed by atoms with van der Waals surface area (Å²) >= 11 is 2.93. The van der Waals surface area contributed by atoms with E-state index in [0.717, 1.165) is 10.8 Å². The van der Waals surface area contributed by atoms with Crippen molar-refractivity contribution >= 4 is 33.7 Å². The molecular formula is C6H9NOS2. The van der Waals surface area contributed by atoms with Crippen LogP contribution in [-0.2, 0) is 4.79 Å². The van der Waals surface area contributed by atoms with Crippen molar-refractivity contribution in [1.82, 2.24) is 0 Å². The van der Waals surface area contributed by atoms with E-state index in [1.54, 1.807) is 18.0 Å². The monoisotopic (exact) mass is 175 g/mol. The Kier molecular flexibility index (Phi) is 2.80. The SMILES string of the molecule is CSC(=O)C1CSC(C)=N1. The Balaban J connectivity index is 2.52. The number of rotatable bonds is 1. The Labute approximate surface area is 68.9 Å². The molecule has 56 valence electrons. The maximum absolute atomic E-state index is 11.0. The van der Waals surface area contributed by atoms with E-state index in [1.807, 2.05) is 6.92 Å². The molecule has 10 heavy (non-hydrogen) atoms. The Bertz CT molecular complexity index is 179. The molecule has 0 aromatic heterocycles. The molecule has 0 aromatic rings. The number of nitrogens with zero attached hydrogens (tertiary/aromatic N) is 1. The molecule has 1 unspecified atom stereocenters. The molecule has 0 bridgehead atoms. The van der Waals surface area contributed by atoms with Crippen molar-refractivity contribution < 1.29 is 4.79 Å². The topological polar surface area (TPSA) is 29.4 Å². The molecular weight excluding hydrogens is 166 g/mol. The molecule has 1 heterocycles. The Morgan fingerprint density at radius 1 is 1.90 bits per heavy atom. The molecule has 4 heteroatoms. The van der Waals surface area contributed by atoms with Crippen LogP contribution >= 0.6 is 23.5 Å². The molecule has 0 aromatic carbocycles. The van der Waals surface area contributed by atoms with Gasteiger partial charge in [0.2, 0.25) is 5.12 Å². The molecule has 0 fully saturated rings. The van der Waals surface area contributed by atoms with E-state index < -0.39 is 0 Å². The molecule has 1 aliphatic heterocycles. The van der Waals surface area contributed by atoms with E-state index in [2.05, 4.69) is 4.99 Å². The average molecular weight is 175 g/mol. The van der Waals surface area contributed by atoms with Crippen LogP contribution in [0.25, 0.3) is 0 Å². The van der Waals surface area contributed by atoms with Crippen molar-refractivity contribution in [2.24, 2.45) is 4.99 Å². The van der Waals surface area contributed by atoms with Gasteiger partial charge in [0.15, 0.2) is 0 Å². The fourth-order valence-corrected chi connectivity index (χ4v) is 2.09. The first kappa shape index (κ1) is 8.14. The Morgan fingerprint density at radius 2 is 2.60 bits per heavy atom. The number of thioether (sulfide) groups is 2.